The second kappa shape index (κ2) is 13.5. The van der Waals surface area contributed by atoms with Gasteiger partial charge >= 0.3 is 6.09 Å². The third kappa shape index (κ3) is 6.19. The first-order valence-electron chi connectivity index (χ1n) is 18.6. The van der Waals surface area contributed by atoms with Crippen molar-refractivity contribution in [3.63, 3.8) is 0 Å². The molecule has 280 valence electrons. The van der Waals surface area contributed by atoms with E-state index in [-0.39, 0.29) is 59.1 Å². The molecule has 9 rings (SSSR count). The maximum atomic E-state index is 17.6. The fourth-order valence-electron chi connectivity index (χ4n) is 8.68. The molecule has 0 spiro atoms. The Bertz CT molecular complexity index is 2350. The summed E-state index contributed by atoms with van der Waals surface area (Å²) in [5.41, 5.74) is 3.25. The maximum absolute atomic E-state index is 17.6. The van der Waals surface area contributed by atoms with Crippen LogP contribution in [0.25, 0.3) is 44.2 Å². The topological polar surface area (TPSA) is 116 Å². The van der Waals surface area contributed by atoms with Gasteiger partial charge in [-0.3, -0.25) is 4.98 Å². The predicted octanol–water partition coefficient (Wildman–Crippen LogP) is 9.65. The Hall–Kier alpha value is -4.27. The second-order valence-corrected chi connectivity index (χ2v) is 17.2. The summed E-state index contributed by atoms with van der Waals surface area (Å²) in [4.78, 5) is 25.1. The summed E-state index contributed by atoms with van der Waals surface area (Å²) in [6, 6.07) is 15.0. The fraction of sp³-hybridized carbons (Fsp3) is 0.429. The van der Waals surface area contributed by atoms with Crippen LogP contribution >= 0.6 is 23.2 Å². The van der Waals surface area contributed by atoms with Gasteiger partial charge in [-0.15, -0.1) is 0 Å². The van der Waals surface area contributed by atoms with Gasteiger partial charge in [-0.1, -0.05) is 35.3 Å². The second-order valence-electron chi connectivity index (χ2n) is 16.4. The van der Waals surface area contributed by atoms with E-state index in [0.29, 0.717) is 45.0 Å². The average Bonchev–Trinajstić information content (AvgIpc) is 3.92. The molecule has 6 heterocycles. The Morgan fingerprint density at radius 3 is 2.61 bits per heavy atom. The zero-order valence-corrected chi connectivity index (χ0v) is 32.5. The highest BCUT2D eigenvalue weighted by Crippen LogP contribution is 2.54. The molecule has 2 bridgehead atoms. The smallest absolute Gasteiger partial charge is 0.410 e. The molecule has 3 saturated heterocycles. The van der Waals surface area contributed by atoms with Crippen LogP contribution in [-0.4, -0.2) is 55.4 Å². The number of hydrogen-bond donors (Lipinski definition) is 2. The molecule has 5 aromatic rings. The zero-order valence-electron chi connectivity index (χ0n) is 31.0. The lowest BCUT2D eigenvalue weighted by Crippen LogP contribution is -2.44. The molecule has 9 nitrogen and oxygen atoms in total. The van der Waals surface area contributed by atoms with Gasteiger partial charge in [0, 0.05) is 64.3 Å². The lowest BCUT2D eigenvalue weighted by molar-refractivity contribution is 0.0209. The molecule has 4 fully saturated rings. The number of nitrogens with zero attached hydrogens (tertiary/aromatic N) is 5. The van der Waals surface area contributed by atoms with Crippen LogP contribution in [0.5, 0.6) is 0 Å². The molecule has 2 aromatic carbocycles. The minimum absolute atomic E-state index is 0.0402. The molecule has 1 aliphatic carbocycles. The number of nitrogens with one attached hydrogen (secondary N) is 1. The van der Waals surface area contributed by atoms with Crippen molar-refractivity contribution < 1.29 is 19.0 Å². The van der Waals surface area contributed by atoms with Crippen LogP contribution < -0.4 is 5.32 Å². The monoisotopic (exact) mass is 768 g/mol. The summed E-state index contributed by atoms with van der Waals surface area (Å²) in [5.74, 6) is -0.390. The highest BCUT2D eigenvalue weighted by Gasteiger charge is 2.56. The van der Waals surface area contributed by atoms with Crippen molar-refractivity contribution in [2.75, 3.05) is 13.1 Å². The van der Waals surface area contributed by atoms with Gasteiger partial charge in [0.15, 0.2) is 5.82 Å². The summed E-state index contributed by atoms with van der Waals surface area (Å²) in [7, 11) is 0. The van der Waals surface area contributed by atoms with Crippen LogP contribution in [0.3, 0.4) is 0 Å². The molecule has 4 aliphatic rings. The number of nitriles is 1. The number of aryl methyl sites for hydroxylation is 1. The molecule has 54 heavy (non-hydrogen) atoms. The number of halogens is 3. The van der Waals surface area contributed by atoms with Crippen LogP contribution in [0, 0.1) is 23.1 Å². The SMILES string of the molecule is CC(C)(C)OC(=O)N1C[C@H]2C[C@@H]1[C@H]2n1c([C@H]2CCCN2)cc2c(-c3ccc(C(C)(C)O)nc3)nc3c(F)c(-c4cccc(Cl)c4Cl)c(CCC#N)cc3c21. The van der Waals surface area contributed by atoms with Crippen molar-refractivity contribution >= 4 is 51.1 Å². The third-order valence-corrected chi connectivity index (χ3v) is 11.9. The number of rotatable bonds is 7. The number of ether oxygens (including phenoxy) is 1. The van der Waals surface area contributed by atoms with Gasteiger partial charge in [-0.25, -0.2) is 14.2 Å². The number of carbonyl (C=O) groups is 1. The molecule has 0 radical (unpaired) electrons. The Morgan fingerprint density at radius 2 is 1.94 bits per heavy atom. The van der Waals surface area contributed by atoms with Crippen molar-refractivity contribution in [3.8, 4) is 28.5 Å². The number of benzene rings is 2. The first kappa shape index (κ1) is 36.7. The largest absolute Gasteiger partial charge is 0.444 e. The van der Waals surface area contributed by atoms with Crippen molar-refractivity contribution in [1.29, 1.82) is 5.26 Å². The van der Waals surface area contributed by atoms with Crippen molar-refractivity contribution in [1.82, 2.24) is 24.8 Å². The van der Waals surface area contributed by atoms with Crippen molar-refractivity contribution in [2.45, 2.75) is 96.1 Å². The van der Waals surface area contributed by atoms with Gasteiger partial charge in [0.1, 0.15) is 16.7 Å². The molecular formula is C42H43Cl2FN6O3. The van der Waals surface area contributed by atoms with Crippen LogP contribution in [0.4, 0.5) is 9.18 Å². The number of pyridine rings is 2. The van der Waals surface area contributed by atoms with Gasteiger partial charge in [0.25, 0.3) is 0 Å². The first-order valence-corrected chi connectivity index (χ1v) is 19.4. The summed E-state index contributed by atoms with van der Waals surface area (Å²) in [6.45, 7) is 10.4. The lowest BCUT2D eigenvalue weighted by atomic mass is 9.79. The average molecular weight is 770 g/mol. The number of aromatic nitrogens is 3. The number of carbonyl (C=O) groups excluding carboxylic acids is 1. The third-order valence-electron chi connectivity index (χ3n) is 11.1. The van der Waals surface area contributed by atoms with Gasteiger partial charge in [-0.2, -0.15) is 5.26 Å². The molecular weight excluding hydrogens is 726 g/mol. The highest BCUT2D eigenvalue weighted by molar-refractivity contribution is 6.43. The standard InChI is InChI=1S/C42H43Cl2FN6O3/c1-41(2,3)54-40(52)50-21-24-18-31(50)38(24)51-30(29-12-8-16-47-29)19-27-36(23-13-14-32(48-20-23)42(4,5)53)49-37-26(39(27)51)17-22(9-7-15-46)33(35(37)45)25-10-6-11-28(43)34(25)44/h6,10-11,13-14,17,19-20,24,29,31,38,47,53H,7-9,12,16,18,21H2,1-5H3/t24-,29-,31-,38+/m1/s1. The highest BCUT2D eigenvalue weighted by atomic mass is 35.5. The van der Waals surface area contributed by atoms with Gasteiger partial charge < -0.3 is 24.6 Å². The Balaban J connectivity index is 1.44. The lowest BCUT2D eigenvalue weighted by Gasteiger charge is -2.40. The normalized spacial score (nSPS) is 21.1. The summed E-state index contributed by atoms with van der Waals surface area (Å²) in [5, 5.41) is 26.0. The maximum Gasteiger partial charge on any atom is 0.410 e. The number of fused-ring (bicyclic) bond motifs is 4. The van der Waals surface area contributed by atoms with Crippen molar-refractivity contribution in [3.05, 3.63) is 81.5 Å². The fourth-order valence-corrected chi connectivity index (χ4v) is 9.07. The van der Waals surface area contributed by atoms with E-state index in [4.69, 9.17) is 32.9 Å². The van der Waals surface area contributed by atoms with Gasteiger partial charge in [0.2, 0.25) is 0 Å². The predicted molar refractivity (Wildman–Crippen MR) is 209 cm³/mol. The van der Waals surface area contributed by atoms with E-state index in [0.717, 1.165) is 42.4 Å². The van der Waals surface area contributed by atoms with E-state index in [1.807, 2.05) is 37.8 Å². The first-order chi connectivity index (χ1) is 25.7. The molecule has 1 saturated carbocycles. The van der Waals surface area contributed by atoms with Crippen LogP contribution in [0.15, 0.2) is 48.7 Å². The van der Waals surface area contributed by atoms with Crippen molar-refractivity contribution in [2.24, 2.45) is 5.92 Å². The molecule has 0 unspecified atom stereocenters. The van der Waals surface area contributed by atoms with E-state index in [2.05, 4.69) is 27.0 Å². The number of hydrogen-bond acceptors (Lipinski definition) is 7. The van der Waals surface area contributed by atoms with Crippen LogP contribution in [0.2, 0.25) is 10.0 Å². The van der Waals surface area contributed by atoms with Gasteiger partial charge in [0.05, 0.1) is 45.1 Å². The van der Waals surface area contributed by atoms with E-state index in [1.165, 1.54) is 0 Å². The molecule has 4 atom stereocenters. The number of amides is 1. The quantitative estimate of drug-likeness (QED) is 0.169. The summed E-state index contributed by atoms with van der Waals surface area (Å²) >= 11 is 13.2. The summed E-state index contributed by atoms with van der Waals surface area (Å²) in [6.07, 6.45) is 4.59. The zero-order chi connectivity index (χ0) is 38.3. The van der Waals surface area contributed by atoms with Crippen LogP contribution in [-0.2, 0) is 16.8 Å². The Kier molecular flexibility index (Phi) is 9.16. The van der Waals surface area contributed by atoms with Gasteiger partial charge in [-0.05, 0) is 103 Å². The summed E-state index contributed by atoms with van der Waals surface area (Å²) < 4.78 is 25.9. The van der Waals surface area contributed by atoms with E-state index >= 15 is 4.39 Å². The van der Waals surface area contributed by atoms with E-state index < -0.39 is 17.0 Å². The van der Waals surface area contributed by atoms with Crippen LogP contribution in [0.1, 0.15) is 89.3 Å². The molecule has 3 aromatic heterocycles. The Labute approximate surface area is 324 Å². The molecule has 1 amide bonds. The molecule has 2 N–H and O–H groups in total. The molecule has 3 aliphatic heterocycles. The van der Waals surface area contributed by atoms with E-state index in [9.17, 15) is 15.2 Å². The number of aliphatic hydroxyl groups is 1. The minimum Gasteiger partial charge on any atom is -0.444 e. The Morgan fingerprint density at radius 1 is 1.15 bits per heavy atom. The van der Waals surface area contributed by atoms with E-state index in [1.54, 1.807) is 44.3 Å². The minimum atomic E-state index is -1.16. The molecule has 12 heteroatoms.